The molecule has 1 atom stereocenters. The first-order chi connectivity index (χ1) is 8.47. The van der Waals surface area contributed by atoms with Crippen LogP contribution in [0.1, 0.15) is 20.8 Å². The zero-order valence-corrected chi connectivity index (χ0v) is 11.9. The van der Waals surface area contributed by atoms with Crippen molar-refractivity contribution in [3.8, 4) is 0 Å². The summed E-state index contributed by atoms with van der Waals surface area (Å²) in [4.78, 5) is 2.30. The Labute approximate surface area is 113 Å². The van der Waals surface area contributed by atoms with Crippen molar-refractivity contribution in [1.29, 1.82) is 0 Å². The maximum absolute atomic E-state index is 13.2. The Balaban J connectivity index is 2.69. The molecule has 3 N–H and O–H groups in total. The Hall–Kier alpha value is -1.00. The lowest BCUT2D eigenvalue weighted by Crippen LogP contribution is -2.34. The van der Waals surface area contributed by atoms with Gasteiger partial charge in [0.25, 0.3) is 0 Å². The normalized spacial score (nSPS) is 12.8. The fraction of sp³-hybridized carbons (Fsp3) is 0.538. The van der Waals surface area contributed by atoms with Crippen molar-refractivity contribution in [2.75, 3.05) is 30.7 Å². The molecule has 0 fully saturated rings. The van der Waals surface area contributed by atoms with Crippen molar-refractivity contribution in [3.63, 3.8) is 0 Å². The van der Waals surface area contributed by atoms with Gasteiger partial charge in [0.2, 0.25) is 0 Å². The highest BCUT2D eigenvalue weighted by atomic mass is 35.5. The van der Waals surface area contributed by atoms with Crippen LogP contribution in [0.25, 0.3) is 0 Å². The monoisotopic (exact) mass is 273 g/mol. The summed E-state index contributed by atoms with van der Waals surface area (Å²) in [6.45, 7) is 9.22. The molecule has 1 unspecified atom stereocenters. The summed E-state index contributed by atoms with van der Waals surface area (Å²) in [6.07, 6.45) is 0. The van der Waals surface area contributed by atoms with Crippen LogP contribution < -0.4 is 11.1 Å². The van der Waals surface area contributed by atoms with Crippen LogP contribution in [-0.4, -0.2) is 30.6 Å². The van der Waals surface area contributed by atoms with Crippen LogP contribution in [0.15, 0.2) is 12.1 Å². The van der Waals surface area contributed by atoms with Gasteiger partial charge in [0.1, 0.15) is 5.82 Å². The van der Waals surface area contributed by atoms with Crippen molar-refractivity contribution in [2.45, 2.75) is 26.8 Å². The number of halogens is 2. The molecule has 1 rings (SSSR count). The maximum Gasteiger partial charge on any atom is 0.143 e. The van der Waals surface area contributed by atoms with E-state index in [4.69, 9.17) is 17.3 Å². The van der Waals surface area contributed by atoms with Gasteiger partial charge in [0.15, 0.2) is 0 Å². The molecule has 18 heavy (non-hydrogen) atoms. The molecular formula is C13H21ClFN3. The Morgan fingerprint density at radius 1 is 1.39 bits per heavy atom. The van der Waals surface area contributed by atoms with Gasteiger partial charge in [-0.05, 0) is 26.1 Å². The van der Waals surface area contributed by atoms with E-state index in [1.165, 1.54) is 12.1 Å². The summed E-state index contributed by atoms with van der Waals surface area (Å²) in [5.74, 6) is -0.490. The molecule has 102 valence electrons. The molecule has 0 amide bonds. The second kappa shape index (κ2) is 6.81. The number of likely N-dealkylation sites (N-methyl/N-ethyl adjacent to an activating group) is 1. The molecule has 3 nitrogen and oxygen atoms in total. The van der Waals surface area contributed by atoms with E-state index in [1.54, 1.807) is 0 Å². The molecule has 0 saturated carbocycles. The predicted molar refractivity (Wildman–Crippen MR) is 76.7 cm³/mol. The predicted octanol–water partition coefficient (Wildman–Crippen LogP) is 3.20. The third kappa shape index (κ3) is 4.03. The minimum Gasteiger partial charge on any atom is -0.397 e. The standard InChI is InChI=1S/C13H21ClFN3/c1-4-18(5-2)8-9(3)17-13-6-10(14)11(15)7-12(13)16/h6-7,9,17H,4-5,8,16H2,1-3H3. The Bertz CT molecular complexity index is 394. The van der Waals surface area contributed by atoms with E-state index in [2.05, 4.69) is 31.0 Å². The van der Waals surface area contributed by atoms with Crippen molar-refractivity contribution in [1.82, 2.24) is 4.90 Å². The molecule has 0 heterocycles. The van der Waals surface area contributed by atoms with Crippen LogP contribution in [0, 0.1) is 5.82 Å². The zero-order chi connectivity index (χ0) is 13.7. The third-order valence-electron chi connectivity index (χ3n) is 2.92. The Kier molecular flexibility index (Phi) is 5.69. The minimum atomic E-state index is -0.490. The second-order valence-electron chi connectivity index (χ2n) is 4.38. The molecule has 0 aliphatic carbocycles. The van der Waals surface area contributed by atoms with Crippen LogP contribution >= 0.6 is 11.6 Å². The van der Waals surface area contributed by atoms with E-state index < -0.39 is 5.82 Å². The fourth-order valence-corrected chi connectivity index (χ4v) is 2.03. The smallest absolute Gasteiger partial charge is 0.143 e. The summed E-state index contributed by atoms with van der Waals surface area (Å²) in [6, 6.07) is 2.99. The van der Waals surface area contributed by atoms with Crippen LogP contribution in [0.2, 0.25) is 5.02 Å². The minimum absolute atomic E-state index is 0.0849. The van der Waals surface area contributed by atoms with Crippen molar-refractivity contribution >= 4 is 23.0 Å². The number of benzene rings is 1. The lowest BCUT2D eigenvalue weighted by atomic mass is 10.2. The van der Waals surface area contributed by atoms with Crippen LogP contribution in [0.4, 0.5) is 15.8 Å². The summed E-state index contributed by atoms with van der Waals surface area (Å²) in [5.41, 5.74) is 6.82. The molecule has 0 saturated heterocycles. The molecule has 5 heteroatoms. The van der Waals surface area contributed by atoms with E-state index in [0.29, 0.717) is 11.4 Å². The van der Waals surface area contributed by atoms with Gasteiger partial charge in [-0.25, -0.2) is 4.39 Å². The third-order valence-corrected chi connectivity index (χ3v) is 3.21. The van der Waals surface area contributed by atoms with Gasteiger partial charge in [-0.2, -0.15) is 0 Å². The van der Waals surface area contributed by atoms with Gasteiger partial charge in [0, 0.05) is 18.7 Å². The lowest BCUT2D eigenvalue weighted by Gasteiger charge is -2.24. The topological polar surface area (TPSA) is 41.3 Å². The van der Waals surface area contributed by atoms with E-state index in [1.807, 2.05) is 0 Å². The van der Waals surface area contributed by atoms with Gasteiger partial charge in [-0.3, -0.25) is 0 Å². The van der Waals surface area contributed by atoms with E-state index in [9.17, 15) is 4.39 Å². The van der Waals surface area contributed by atoms with Crippen molar-refractivity contribution in [3.05, 3.63) is 23.0 Å². The number of nitrogen functional groups attached to an aromatic ring is 1. The first-order valence-corrected chi connectivity index (χ1v) is 6.59. The lowest BCUT2D eigenvalue weighted by molar-refractivity contribution is 0.295. The fourth-order valence-electron chi connectivity index (χ4n) is 1.87. The average molecular weight is 274 g/mol. The van der Waals surface area contributed by atoms with Gasteiger partial charge >= 0.3 is 0 Å². The van der Waals surface area contributed by atoms with Crippen molar-refractivity contribution in [2.24, 2.45) is 0 Å². The van der Waals surface area contributed by atoms with Gasteiger partial charge in [-0.15, -0.1) is 0 Å². The molecule has 1 aromatic carbocycles. The second-order valence-corrected chi connectivity index (χ2v) is 4.79. The molecule has 0 aromatic heterocycles. The highest BCUT2D eigenvalue weighted by molar-refractivity contribution is 6.31. The number of hydrogen-bond acceptors (Lipinski definition) is 3. The zero-order valence-electron chi connectivity index (χ0n) is 11.1. The highest BCUT2D eigenvalue weighted by Gasteiger charge is 2.11. The summed E-state index contributed by atoms with van der Waals surface area (Å²) >= 11 is 5.75. The molecule has 1 aromatic rings. The number of rotatable bonds is 6. The van der Waals surface area contributed by atoms with E-state index in [0.717, 1.165) is 19.6 Å². The Morgan fingerprint density at radius 3 is 2.56 bits per heavy atom. The molecule has 0 aliphatic heterocycles. The first kappa shape index (κ1) is 15.1. The first-order valence-electron chi connectivity index (χ1n) is 6.21. The summed E-state index contributed by atoms with van der Waals surface area (Å²) < 4.78 is 13.2. The molecular weight excluding hydrogens is 253 g/mol. The molecule has 0 spiro atoms. The summed E-state index contributed by atoms with van der Waals surface area (Å²) in [7, 11) is 0. The van der Waals surface area contributed by atoms with Gasteiger partial charge in [-0.1, -0.05) is 25.4 Å². The number of nitrogens with two attached hydrogens (primary N) is 1. The van der Waals surface area contributed by atoms with E-state index in [-0.39, 0.29) is 11.1 Å². The number of anilines is 2. The number of hydrogen-bond donors (Lipinski definition) is 2. The quantitative estimate of drug-likeness (QED) is 0.782. The molecule has 0 bridgehead atoms. The van der Waals surface area contributed by atoms with Crippen LogP contribution in [0.3, 0.4) is 0 Å². The molecule has 0 aliphatic rings. The van der Waals surface area contributed by atoms with Gasteiger partial charge < -0.3 is 16.0 Å². The highest BCUT2D eigenvalue weighted by Crippen LogP contribution is 2.26. The largest absolute Gasteiger partial charge is 0.397 e. The summed E-state index contributed by atoms with van der Waals surface area (Å²) in [5, 5.41) is 3.34. The van der Waals surface area contributed by atoms with Gasteiger partial charge in [0.05, 0.1) is 16.4 Å². The maximum atomic E-state index is 13.2. The molecule has 0 radical (unpaired) electrons. The van der Waals surface area contributed by atoms with Crippen LogP contribution in [-0.2, 0) is 0 Å². The average Bonchev–Trinajstić information content (AvgIpc) is 2.33. The van der Waals surface area contributed by atoms with Crippen molar-refractivity contribution < 1.29 is 4.39 Å². The Morgan fingerprint density at radius 2 is 2.00 bits per heavy atom. The number of nitrogens with zero attached hydrogens (tertiary/aromatic N) is 1. The number of nitrogens with one attached hydrogen (secondary N) is 1. The SMILES string of the molecule is CCN(CC)CC(C)Nc1cc(Cl)c(F)cc1N. The van der Waals surface area contributed by atoms with E-state index >= 15 is 0 Å². The van der Waals surface area contributed by atoms with Crippen LogP contribution in [0.5, 0.6) is 0 Å².